The molecule has 1 heterocycles. The normalized spacial score (nSPS) is 27.2. The van der Waals surface area contributed by atoms with Crippen LogP contribution in [0.3, 0.4) is 0 Å². The molecule has 2 aliphatic rings. The summed E-state index contributed by atoms with van der Waals surface area (Å²) in [5.41, 5.74) is 4.31. The lowest BCUT2D eigenvalue weighted by Gasteiger charge is -2.55. The molecule has 0 saturated carbocycles. The van der Waals surface area contributed by atoms with E-state index in [1.54, 1.807) is 0 Å². The van der Waals surface area contributed by atoms with E-state index in [1.807, 2.05) is 12.1 Å². The van der Waals surface area contributed by atoms with E-state index in [4.69, 9.17) is 0 Å². The topological polar surface area (TPSA) is 26.7 Å². The van der Waals surface area contributed by atoms with Gasteiger partial charge in [-0.1, -0.05) is 38.1 Å². The van der Waals surface area contributed by atoms with Gasteiger partial charge in [0.25, 0.3) is 0 Å². The molecule has 0 spiro atoms. The molecule has 3 heteroatoms. The van der Waals surface area contributed by atoms with Gasteiger partial charge in [-0.05, 0) is 73.0 Å². The van der Waals surface area contributed by atoms with Crippen molar-refractivity contribution >= 4 is 5.69 Å². The number of likely N-dealkylation sites (N-methyl/N-ethyl adjacent to an activating group) is 1. The highest BCUT2D eigenvalue weighted by molar-refractivity contribution is 5.46. The SMILES string of the molecule is CCN(CCN1CC[C@@]2(C)c3cc(O)ccc3C[C@H]1[C@H]2C)c1ccccc1. The Hall–Kier alpha value is -2.00. The first kappa shape index (κ1) is 18.4. The first-order chi connectivity index (χ1) is 13.0. The molecule has 0 radical (unpaired) electrons. The van der Waals surface area contributed by atoms with Gasteiger partial charge in [-0.15, -0.1) is 0 Å². The second-order valence-corrected chi connectivity index (χ2v) is 8.52. The third-order valence-electron chi connectivity index (χ3n) is 7.27. The zero-order valence-corrected chi connectivity index (χ0v) is 16.9. The van der Waals surface area contributed by atoms with Crippen LogP contribution in [0.5, 0.6) is 5.75 Å². The lowest BCUT2D eigenvalue weighted by Crippen LogP contribution is -2.59. The number of fused-ring (bicyclic) bond motifs is 4. The molecule has 0 amide bonds. The molecule has 1 aliphatic carbocycles. The summed E-state index contributed by atoms with van der Waals surface area (Å²) in [4.78, 5) is 5.20. The van der Waals surface area contributed by atoms with Crippen LogP contribution in [0.4, 0.5) is 5.69 Å². The summed E-state index contributed by atoms with van der Waals surface area (Å²) in [7, 11) is 0. The number of anilines is 1. The number of hydrogen-bond acceptors (Lipinski definition) is 3. The standard InChI is InChI=1S/C24H32N2O/c1-4-25(20-8-6-5-7-9-20)14-15-26-13-12-24(3)18(2)23(26)16-19-10-11-21(27)17-22(19)24/h5-11,17-18,23,27H,4,12-16H2,1-3H3/t18-,23+,24-/m1/s1. The molecule has 0 aromatic heterocycles. The highest BCUT2D eigenvalue weighted by Crippen LogP contribution is 2.49. The Labute approximate surface area is 163 Å². The Morgan fingerprint density at radius 1 is 1.19 bits per heavy atom. The second kappa shape index (κ2) is 7.20. The van der Waals surface area contributed by atoms with Crippen molar-refractivity contribution in [3.8, 4) is 5.75 Å². The van der Waals surface area contributed by atoms with Crippen LogP contribution in [0, 0.1) is 5.92 Å². The summed E-state index contributed by atoms with van der Waals surface area (Å²) in [6.07, 6.45) is 2.27. The Bertz CT molecular complexity index is 790. The number of phenols is 1. The van der Waals surface area contributed by atoms with Crippen molar-refractivity contribution in [1.29, 1.82) is 0 Å². The molecule has 2 aromatic carbocycles. The molecule has 1 fully saturated rings. The number of piperidine rings is 1. The number of benzene rings is 2. The maximum Gasteiger partial charge on any atom is 0.115 e. The van der Waals surface area contributed by atoms with Crippen LogP contribution in [0.2, 0.25) is 0 Å². The molecule has 1 saturated heterocycles. The van der Waals surface area contributed by atoms with Gasteiger partial charge in [0.15, 0.2) is 0 Å². The third-order valence-corrected chi connectivity index (χ3v) is 7.27. The van der Waals surface area contributed by atoms with E-state index in [-0.39, 0.29) is 5.41 Å². The van der Waals surface area contributed by atoms with Crippen LogP contribution in [0.25, 0.3) is 0 Å². The zero-order valence-electron chi connectivity index (χ0n) is 16.9. The highest BCUT2D eigenvalue weighted by Gasteiger charge is 2.48. The Balaban J connectivity index is 1.51. The molecule has 2 aromatic rings. The first-order valence-electron chi connectivity index (χ1n) is 10.4. The molecule has 1 N–H and O–H groups in total. The van der Waals surface area contributed by atoms with Crippen LogP contribution in [-0.4, -0.2) is 42.2 Å². The fraction of sp³-hybridized carbons (Fsp3) is 0.500. The number of hydrogen-bond donors (Lipinski definition) is 1. The fourth-order valence-electron chi connectivity index (χ4n) is 5.33. The Morgan fingerprint density at radius 2 is 1.96 bits per heavy atom. The monoisotopic (exact) mass is 364 g/mol. The number of nitrogens with zero attached hydrogens (tertiary/aromatic N) is 2. The number of likely N-dealkylation sites (tertiary alicyclic amines) is 1. The van der Waals surface area contributed by atoms with Crippen LogP contribution in [0.15, 0.2) is 48.5 Å². The molecular weight excluding hydrogens is 332 g/mol. The van der Waals surface area contributed by atoms with Gasteiger partial charge < -0.3 is 10.0 Å². The number of rotatable bonds is 5. The molecular formula is C24H32N2O. The summed E-state index contributed by atoms with van der Waals surface area (Å²) in [6.45, 7) is 11.4. The van der Waals surface area contributed by atoms with Crippen LogP contribution >= 0.6 is 0 Å². The van der Waals surface area contributed by atoms with Gasteiger partial charge >= 0.3 is 0 Å². The van der Waals surface area contributed by atoms with E-state index in [2.05, 4.69) is 67.0 Å². The van der Waals surface area contributed by atoms with Crippen molar-refractivity contribution in [3.63, 3.8) is 0 Å². The predicted octanol–water partition coefficient (Wildman–Crippen LogP) is 4.44. The summed E-state index contributed by atoms with van der Waals surface area (Å²) in [5, 5.41) is 10.0. The van der Waals surface area contributed by atoms with E-state index in [0.29, 0.717) is 17.7 Å². The second-order valence-electron chi connectivity index (χ2n) is 8.52. The van der Waals surface area contributed by atoms with Crippen molar-refractivity contribution in [2.24, 2.45) is 5.92 Å². The third kappa shape index (κ3) is 3.23. The molecule has 3 nitrogen and oxygen atoms in total. The quantitative estimate of drug-likeness (QED) is 0.849. The van der Waals surface area contributed by atoms with Gasteiger partial charge in [-0.3, -0.25) is 4.90 Å². The minimum Gasteiger partial charge on any atom is -0.508 e. The van der Waals surface area contributed by atoms with Crippen molar-refractivity contribution < 1.29 is 5.11 Å². The largest absolute Gasteiger partial charge is 0.508 e. The molecule has 4 rings (SSSR count). The highest BCUT2D eigenvalue weighted by atomic mass is 16.3. The smallest absolute Gasteiger partial charge is 0.115 e. The molecule has 3 atom stereocenters. The molecule has 1 aliphatic heterocycles. The van der Waals surface area contributed by atoms with E-state index in [1.165, 1.54) is 23.2 Å². The Kier molecular flexibility index (Phi) is 4.90. The van der Waals surface area contributed by atoms with Gasteiger partial charge in [-0.2, -0.15) is 0 Å². The number of para-hydroxylation sites is 1. The van der Waals surface area contributed by atoms with E-state index < -0.39 is 0 Å². The minimum atomic E-state index is 0.178. The average molecular weight is 365 g/mol. The van der Waals surface area contributed by atoms with Crippen LogP contribution in [-0.2, 0) is 11.8 Å². The van der Waals surface area contributed by atoms with Crippen molar-refractivity contribution in [2.45, 2.75) is 45.1 Å². The van der Waals surface area contributed by atoms with Crippen molar-refractivity contribution in [2.75, 3.05) is 31.1 Å². The molecule has 0 unspecified atom stereocenters. The van der Waals surface area contributed by atoms with Gasteiger partial charge in [0.2, 0.25) is 0 Å². The summed E-state index contributed by atoms with van der Waals surface area (Å²) >= 11 is 0. The fourth-order valence-corrected chi connectivity index (χ4v) is 5.33. The minimum absolute atomic E-state index is 0.178. The molecule has 2 bridgehead atoms. The zero-order chi connectivity index (χ0) is 19.0. The van der Waals surface area contributed by atoms with E-state index in [9.17, 15) is 5.11 Å². The molecule has 27 heavy (non-hydrogen) atoms. The number of phenolic OH excluding ortho intramolecular Hbond substituents is 1. The maximum absolute atomic E-state index is 10.0. The first-order valence-corrected chi connectivity index (χ1v) is 10.4. The van der Waals surface area contributed by atoms with Gasteiger partial charge in [0.1, 0.15) is 5.75 Å². The Morgan fingerprint density at radius 3 is 2.70 bits per heavy atom. The summed E-state index contributed by atoms with van der Waals surface area (Å²) < 4.78 is 0. The van der Waals surface area contributed by atoms with E-state index >= 15 is 0 Å². The molecule has 144 valence electrons. The summed E-state index contributed by atoms with van der Waals surface area (Å²) in [6, 6.07) is 17.4. The van der Waals surface area contributed by atoms with Gasteiger partial charge in [0.05, 0.1) is 0 Å². The van der Waals surface area contributed by atoms with Gasteiger partial charge in [0, 0.05) is 31.4 Å². The average Bonchev–Trinajstić information content (AvgIpc) is 2.68. The van der Waals surface area contributed by atoms with Crippen LogP contribution < -0.4 is 4.90 Å². The lowest BCUT2D eigenvalue weighted by atomic mass is 9.59. The maximum atomic E-state index is 10.0. The number of aromatic hydroxyl groups is 1. The predicted molar refractivity (Wildman–Crippen MR) is 113 cm³/mol. The van der Waals surface area contributed by atoms with E-state index in [0.717, 1.165) is 32.6 Å². The van der Waals surface area contributed by atoms with Crippen LogP contribution in [0.1, 0.15) is 38.3 Å². The van der Waals surface area contributed by atoms with Gasteiger partial charge in [-0.25, -0.2) is 0 Å². The lowest BCUT2D eigenvalue weighted by molar-refractivity contribution is 0.0333. The van der Waals surface area contributed by atoms with Crippen molar-refractivity contribution in [3.05, 3.63) is 59.7 Å². The van der Waals surface area contributed by atoms with Crippen molar-refractivity contribution in [1.82, 2.24) is 4.90 Å². The summed E-state index contributed by atoms with van der Waals surface area (Å²) in [5.74, 6) is 1.01.